The van der Waals surface area contributed by atoms with Crippen LogP contribution in [0, 0.1) is 5.92 Å². The van der Waals surface area contributed by atoms with Crippen molar-refractivity contribution >= 4 is 18.3 Å². The third-order valence-corrected chi connectivity index (χ3v) is 3.07. The molecule has 4 heteroatoms. The molecule has 1 atom stereocenters. The molecule has 2 N–H and O–H groups in total. The molecule has 0 aromatic rings. The molecule has 0 fully saturated rings. The van der Waals surface area contributed by atoms with Gasteiger partial charge in [0.15, 0.2) is 0 Å². The minimum atomic E-state index is 0. The fourth-order valence-electron chi connectivity index (χ4n) is 1.52. The highest BCUT2D eigenvalue weighted by atomic mass is 35.5. The molecule has 3 nitrogen and oxygen atoms in total. The van der Waals surface area contributed by atoms with E-state index >= 15 is 0 Å². The Balaban J connectivity index is 0. The van der Waals surface area contributed by atoms with Crippen molar-refractivity contribution in [1.29, 1.82) is 0 Å². The van der Waals surface area contributed by atoms with E-state index in [1.807, 2.05) is 11.9 Å². The van der Waals surface area contributed by atoms with Crippen LogP contribution < -0.4 is 5.73 Å². The monoisotopic (exact) mass is 264 g/mol. The van der Waals surface area contributed by atoms with Crippen molar-refractivity contribution < 1.29 is 4.79 Å². The molecule has 0 radical (unpaired) electrons. The Morgan fingerprint density at radius 1 is 1.29 bits per heavy atom. The van der Waals surface area contributed by atoms with Gasteiger partial charge in [-0.1, -0.05) is 33.6 Å². The molecule has 1 amide bonds. The minimum absolute atomic E-state index is 0. The van der Waals surface area contributed by atoms with Gasteiger partial charge in [-0.15, -0.1) is 12.4 Å². The average Bonchev–Trinajstić information content (AvgIpc) is 2.25. The Kier molecular flexibility index (Phi) is 12.2. The van der Waals surface area contributed by atoms with Crippen molar-refractivity contribution in [2.75, 3.05) is 13.6 Å². The van der Waals surface area contributed by atoms with Gasteiger partial charge < -0.3 is 10.6 Å². The van der Waals surface area contributed by atoms with Gasteiger partial charge in [0.05, 0.1) is 0 Å². The van der Waals surface area contributed by atoms with E-state index in [9.17, 15) is 4.79 Å². The third kappa shape index (κ3) is 9.42. The zero-order chi connectivity index (χ0) is 12.6. The molecule has 0 aliphatic rings. The summed E-state index contributed by atoms with van der Waals surface area (Å²) in [4.78, 5) is 13.5. The van der Waals surface area contributed by atoms with Gasteiger partial charge in [0, 0.05) is 26.1 Å². The van der Waals surface area contributed by atoms with Gasteiger partial charge in [0.2, 0.25) is 5.91 Å². The second-order valence-electron chi connectivity index (χ2n) is 4.97. The van der Waals surface area contributed by atoms with Crippen molar-refractivity contribution in [1.82, 2.24) is 4.90 Å². The topological polar surface area (TPSA) is 46.3 Å². The number of carbonyl (C=O) groups is 1. The predicted molar refractivity (Wildman–Crippen MR) is 76.5 cm³/mol. The normalized spacial score (nSPS) is 12.1. The Bertz CT molecular complexity index is 198. The number of amides is 1. The molecule has 0 aromatic heterocycles. The van der Waals surface area contributed by atoms with E-state index in [1.54, 1.807) is 0 Å². The summed E-state index contributed by atoms with van der Waals surface area (Å²) in [7, 11) is 1.88. The van der Waals surface area contributed by atoms with Crippen LogP contribution in [-0.2, 0) is 4.79 Å². The Labute approximate surface area is 113 Å². The van der Waals surface area contributed by atoms with Crippen LogP contribution in [0.5, 0.6) is 0 Å². The van der Waals surface area contributed by atoms with Crippen molar-refractivity contribution in [3.8, 4) is 0 Å². The Hall–Kier alpha value is -0.280. The van der Waals surface area contributed by atoms with Crippen LogP contribution in [0.25, 0.3) is 0 Å². The summed E-state index contributed by atoms with van der Waals surface area (Å²) in [6, 6.07) is 0.200. The van der Waals surface area contributed by atoms with Crippen LogP contribution in [0.4, 0.5) is 0 Å². The molecule has 0 saturated heterocycles. The summed E-state index contributed by atoms with van der Waals surface area (Å²) in [5, 5.41) is 0. The van der Waals surface area contributed by atoms with Crippen molar-refractivity contribution in [2.45, 2.75) is 58.9 Å². The van der Waals surface area contributed by atoms with Gasteiger partial charge in [0.25, 0.3) is 0 Å². The molecule has 0 aliphatic carbocycles. The zero-order valence-corrected chi connectivity index (χ0v) is 12.6. The van der Waals surface area contributed by atoms with Gasteiger partial charge >= 0.3 is 0 Å². The predicted octanol–water partition coefficient (Wildman–Crippen LogP) is 2.82. The maximum Gasteiger partial charge on any atom is 0.222 e. The number of nitrogens with two attached hydrogens (primary N) is 1. The fraction of sp³-hybridized carbons (Fsp3) is 0.923. The van der Waals surface area contributed by atoms with E-state index in [0.29, 0.717) is 12.3 Å². The molecule has 1 unspecified atom stereocenters. The maximum atomic E-state index is 11.7. The first-order chi connectivity index (χ1) is 7.49. The summed E-state index contributed by atoms with van der Waals surface area (Å²) in [6.45, 7) is 7.17. The SMILES string of the molecule is CCCCCC(=O)N(C)CCC(N)C(C)C.Cl. The largest absolute Gasteiger partial charge is 0.346 e. The molecule has 0 rings (SSSR count). The first-order valence-corrected chi connectivity index (χ1v) is 6.48. The summed E-state index contributed by atoms with van der Waals surface area (Å²) in [5.74, 6) is 0.744. The van der Waals surface area contributed by atoms with Gasteiger partial charge in [-0.2, -0.15) is 0 Å². The lowest BCUT2D eigenvalue weighted by atomic mass is 10.0. The van der Waals surface area contributed by atoms with E-state index in [1.165, 1.54) is 0 Å². The van der Waals surface area contributed by atoms with Crippen molar-refractivity contribution in [2.24, 2.45) is 11.7 Å². The Morgan fingerprint density at radius 3 is 2.35 bits per heavy atom. The number of nitrogens with zero attached hydrogens (tertiary/aromatic N) is 1. The van der Waals surface area contributed by atoms with E-state index in [2.05, 4.69) is 20.8 Å². The second-order valence-corrected chi connectivity index (χ2v) is 4.97. The lowest BCUT2D eigenvalue weighted by Crippen LogP contribution is -2.34. The number of hydrogen-bond acceptors (Lipinski definition) is 2. The number of carbonyl (C=O) groups excluding carboxylic acids is 1. The van der Waals surface area contributed by atoms with Gasteiger partial charge in [-0.05, 0) is 18.8 Å². The van der Waals surface area contributed by atoms with Gasteiger partial charge in [0.1, 0.15) is 0 Å². The molecular weight excluding hydrogens is 236 g/mol. The van der Waals surface area contributed by atoms with E-state index in [-0.39, 0.29) is 24.4 Å². The maximum absolute atomic E-state index is 11.7. The summed E-state index contributed by atoms with van der Waals surface area (Å²) in [5.41, 5.74) is 5.95. The number of rotatable bonds is 8. The summed E-state index contributed by atoms with van der Waals surface area (Å²) < 4.78 is 0. The molecule has 0 aromatic carbocycles. The number of hydrogen-bond donors (Lipinski definition) is 1. The average molecular weight is 265 g/mol. The highest BCUT2D eigenvalue weighted by molar-refractivity contribution is 5.85. The lowest BCUT2D eigenvalue weighted by molar-refractivity contribution is -0.130. The first kappa shape index (κ1) is 19.1. The van der Waals surface area contributed by atoms with Crippen LogP contribution >= 0.6 is 12.4 Å². The smallest absolute Gasteiger partial charge is 0.222 e. The minimum Gasteiger partial charge on any atom is -0.346 e. The number of halogens is 1. The molecule has 0 saturated carbocycles. The molecule has 0 spiro atoms. The summed E-state index contributed by atoms with van der Waals surface area (Å²) >= 11 is 0. The Morgan fingerprint density at radius 2 is 1.88 bits per heavy atom. The molecule has 0 heterocycles. The standard InChI is InChI=1S/C13H28N2O.ClH/c1-5-6-7-8-13(16)15(4)10-9-12(14)11(2)3;/h11-12H,5-10,14H2,1-4H3;1H. The molecule has 0 aliphatic heterocycles. The van der Waals surface area contributed by atoms with Crippen LogP contribution in [-0.4, -0.2) is 30.4 Å². The fourth-order valence-corrected chi connectivity index (χ4v) is 1.52. The van der Waals surface area contributed by atoms with Gasteiger partial charge in [-0.3, -0.25) is 4.79 Å². The van der Waals surface area contributed by atoms with Crippen molar-refractivity contribution in [3.63, 3.8) is 0 Å². The van der Waals surface area contributed by atoms with Crippen LogP contribution in [0.2, 0.25) is 0 Å². The van der Waals surface area contributed by atoms with E-state index in [4.69, 9.17) is 5.73 Å². The lowest BCUT2D eigenvalue weighted by Gasteiger charge is -2.21. The highest BCUT2D eigenvalue weighted by Gasteiger charge is 2.12. The molecule has 104 valence electrons. The summed E-state index contributed by atoms with van der Waals surface area (Å²) in [6.07, 6.45) is 4.89. The first-order valence-electron chi connectivity index (χ1n) is 6.48. The second kappa shape index (κ2) is 10.8. The van der Waals surface area contributed by atoms with Crippen LogP contribution in [0.3, 0.4) is 0 Å². The van der Waals surface area contributed by atoms with E-state index < -0.39 is 0 Å². The van der Waals surface area contributed by atoms with E-state index in [0.717, 1.165) is 32.2 Å². The van der Waals surface area contributed by atoms with Crippen molar-refractivity contribution in [3.05, 3.63) is 0 Å². The zero-order valence-electron chi connectivity index (χ0n) is 11.7. The quantitative estimate of drug-likeness (QED) is 0.686. The molecular formula is C13H29ClN2O. The third-order valence-electron chi connectivity index (χ3n) is 3.07. The molecule has 0 bridgehead atoms. The van der Waals surface area contributed by atoms with Crippen LogP contribution in [0.1, 0.15) is 52.9 Å². The van der Waals surface area contributed by atoms with Crippen LogP contribution in [0.15, 0.2) is 0 Å². The highest BCUT2D eigenvalue weighted by Crippen LogP contribution is 2.06. The number of unbranched alkanes of at least 4 members (excludes halogenated alkanes) is 2. The van der Waals surface area contributed by atoms with Gasteiger partial charge in [-0.25, -0.2) is 0 Å². The molecule has 17 heavy (non-hydrogen) atoms.